The van der Waals surface area contributed by atoms with Crippen molar-refractivity contribution in [1.82, 2.24) is 9.78 Å². The molecule has 2 aromatic rings. The maximum atomic E-state index is 13.7. The summed E-state index contributed by atoms with van der Waals surface area (Å²) in [5.74, 6) is -4.71. The molecule has 1 fully saturated rings. The molecule has 1 saturated carbocycles. The van der Waals surface area contributed by atoms with E-state index in [1.807, 2.05) is 0 Å². The monoisotopic (exact) mass is 484 g/mol. The highest BCUT2D eigenvalue weighted by atomic mass is 32.2. The van der Waals surface area contributed by atoms with Crippen LogP contribution in [-0.4, -0.2) is 21.6 Å². The molecule has 0 radical (unpaired) electrons. The van der Waals surface area contributed by atoms with Gasteiger partial charge in [0.25, 0.3) is 12.3 Å². The van der Waals surface area contributed by atoms with E-state index in [9.17, 15) is 35.5 Å². The molecule has 1 aliphatic rings. The first kappa shape index (κ1) is 24.4. The smallest absolute Gasteiger partial charge is 0.321 e. The quantitative estimate of drug-likeness (QED) is 0.397. The fourth-order valence-corrected chi connectivity index (χ4v) is 3.99. The molecule has 0 saturated heterocycles. The van der Waals surface area contributed by atoms with Gasteiger partial charge in [0.15, 0.2) is 0 Å². The van der Waals surface area contributed by atoms with Gasteiger partial charge in [0, 0.05) is 30.0 Å². The third-order valence-corrected chi connectivity index (χ3v) is 5.71. The second-order valence-electron chi connectivity index (χ2n) is 7.49. The lowest BCUT2D eigenvalue weighted by atomic mass is 9.87. The van der Waals surface area contributed by atoms with Gasteiger partial charge in [-0.3, -0.25) is 14.6 Å². The number of nitrogens with two attached hydrogens (primary N) is 1. The second kappa shape index (κ2) is 9.30. The number of carbonyl (C=O) groups is 1. The lowest BCUT2D eigenvalue weighted by Crippen LogP contribution is -2.29. The van der Waals surface area contributed by atoms with Gasteiger partial charge in [-0.05, 0) is 48.9 Å². The van der Waals surface area contributed by atoms with E-state index >= 15 is 0 Å². The molecule has 3 N–H and O–H groups in total. The molecule has 1 aliphatic carbocycles. The van der Waals surface area contributed by atoms with Crippen LogP contribution in [0.5, 0.6) is 0 Å². The summed E-state index contributed by atoms with van der Waals surface area (Å²) >= 11 is 0.838. The molecule has 13 heteroatoms. The minimum atomic E-state index is -5.29. The van der Waals surface area contributed by atoms with Crippen molar-refractivity contribution >= 4 is 23.5 Å². The summed E-state index contributed by atoms with van der Waals surface area (Å²) in [5, 5.41) is 11.1. The van der Waals surface area contributed by atoms with Crippen molar-refractivity contribution in [3.8, 4) is 0 Å². The van der Waals surface area contributed by atoms with Gasteiger partial charge in [0.2, 0.25) is 5.92 Å². The number of carbonyl (C=O) groups excluding carboxylic acids is 1. The van der Waals surface area contributed by atoms with Gasteiger partial charge in [-0.25, -0.2) is 17.6 Å². The molecule has 0 unspecified atom stereocenters. The number of amides is 1. The molecular formula is C19H19F7N4OS. The minimum absolute atomic E-state index is 0.0327. The predicted octanol–water partition coefficient (Wildman–Crippen LogP) is 5.88. The Labute approximate surface area is 182 Å². The molecule has 32 heavy (non-hydrogen) atoms. The van der Waals surface area contributed by atoms with E-state index < -0.39 is 60.1 Å². The van der Waals surface area contributed by atoms with Crippen LogP contribution in [0.15, 0.2) is 29.2 Å². The van der Waals surface area contributed by atoms with Gasteiger partial charge >= 0.3 is 6.18 Å². The van der Waals surface area contributed by atoms with Crippen LogP contribution in [0.1, 0.15) is 53.9 Å². The van der Waals surface area contributed by atoms with Gasteiger partial charge in [-0.15, -0.1) is 0 Å². The van der Waals surface area contributed by atoms with Crippen LogP contribution in [0.4, 0.5) is 36.4 Å². The topological polar surface area (TPSA) is 72.9 Å². The van der Waals surface area contributed by atoms with Gasteiger partial charge in [-0.2, -0.15) is 18.3 Å². The lowest BCUT2D eigenvalue weighted by molar-refractivity contribution is -0.139. The van der Waals surface area contributed by atoms with Gasteiger partial charge in [0.05, 0.1) is 0 Å². The van der Waals surface area contributed by atoms with Crippen LogP contribution in [0, 0.1) is 5.92 Å². The van der Waals surface area contributed by atoms with Crippen molar-refractivity contribution in [2.75, 3.05) is 5.32 Å². The zero-order valence-corrected chi connectivity index (χ0v) is 17.3. The number of rotatable bonds is 6. The number of nitrogens with zero attached hydrogens (tertiary/aromatic N) is 2. The van der Waals surface area contributed by atoms with E-state index in [0.29, 0.717) is 9.58 Å². The maximum Gasteiger partial charge on any atom is 0.420 e. The van der Waals surface area contributed by atoms with E-state index in [0.717, 1.165) is 11.9 Å². The molecule has 176 valence electrons. The van der Waals surface area contributed by atoms with E-state index in [1.165, 1.54) is 18.2 Å². The third kappa shape index (κ3) is 5.55. The zero-order chi connectivity index (χ0) is 23.7. The summed E-state index contributed by atoms with van der Waals surface area (Å²) in [6, 6.07) is 5.88. The van der Waals surface area contributed by atoms with Crippen LogP contribution in [-0.2, 0) is 12.7 Å². The Morgan fingerprint density at radius 2 is 1.94 bits per heavy atom. The molecule has 5 nitrogen and oxygen atoms in total. The Balaban J connectivity index is 1.99. The third-order valence-electron chi connectivity index (χ3n) is 5.18. The first-order valence-electron chi connectivity index (χ1n) is 9.53. The summed E-state index contributed by atoms with van der Waals surface area (Å²) in [6.07, 6.45) is -9.89. The normalized spacial score (nSPS) is 17.0. The number of anilines is 1. The standard InChI is InChI=1S/C19H19F7N4OS/c20-16(21)14-13(19(24,25)26)15(17(31)28-11-2-1-3-12(8-11)32-27)30(29-14)9-10-4-6-18(22,23)7-5-10/h1-3,8,10,16H,4-7,9,27H2,(H,28,31). The number of nitrogens with one attached hydrogen (secondary N) is 1. The fourth-order valence-electron chi connectivity index (χ4n) is 3.64. The summed E-state index contributed by atoms with van der Waals surface area (Å²) in [6.45, 7) is -0.368. The molecule has 1 aromatic heterocycles. The largest absolute Gasteiger partial charge is 0.420 e. The van der Waals surface area contributed by atoms with Crippen molar-refractivity contribution in [2.45, 2.75) is 55.6 Å². The fraction of sp³-hybridized carbons (Fsp3) is 0.474. The average molecular weight is 484 g/mol. The minimum Gasteiger partial charge on any atom is -0.321 e. The highest BCUT2D eigenvalue weighted by Crippen LogP contribution is 2.41. The number of aromatic nitrogens is 2. The predicted molar refractivity (Wildman–Crippen MR) is 104 cm³/mol. The van der Waals surface area contributed by atoms with E-state index in [2.05, 4.69) is 10.4 Å². The Morgan fingerprint density at radius 3 is 2.50 bits per heavy atom. The summed E-state index contributed by atoms with van der Waals surface area (Å²) in [4.78, 5) is 13.3. The number of hydrogen-bond donors (Lipinski definition) is 2. The Bertz CT molecular complexity index is 967. The zero-order valence-electron chi connectivity index (χ0n) is 16.4. The Morgan fingerprint density at radius 1 is 1.28 bits per heavy atom. The van der Waals surface area contributed by atoms with Gasteiger partial charge < -0.3 is 5.32 Å². The van der Waals surface area contributed by atoms with Crippen LogP contribution in [0.3, 0.4) is 0 Å². The van der Waals surface area contributed by atoms with Crippen LogP contribution >= 0.6 is 11.9 Å². The van der Waals surface area contributed by atoms with E-state index in [1.54, 1.807) is 6.07 Å². The van der Waals surface area contributed by atoms with Gasteiger partial charge in [0.1, 0.15) is 17.0 Å². The first-order chi connectivity index (χ1) is 14.9. The number of benzene rings is 1. The Hall–Kier alpha value is -2.28. The summed E-state index contributed by atoms with van der Waals surface area (Å²) in [5.41, 5.74) is -4.40. The van der Waals surface area contributed by atoms with Gasteiger partial charge in [-0.1, -0.05) is 6.07 Å². The van der Waals surface area contributed by atoms with E-state index in [-0.39, 0.29) is 25.1 Å². The van der Waals surface area contributed by atoms with Crippen LogP contribution in [0.25, 0.3) is 0 Å². The summed E-state index contributed by atoms with van der Waals surface area (Å²) < 4.78 is 95.3. The van der Waals surface area contributed by atoms with Crippen molar-refractivity contribution < 1.29 is 35.5 Å². The molecule has 0 atom stereocenters. The summed E-state index contributed by atoms with van der Waals surface area (Å²) in [7, 11) is 0. The number of hydrogen-bond acceptors (Lipinski definition) is 4. The van der Waals surface area contributed by atoms with Crippen molar-refractivity contribution in [1.29, 1.82) is 0 Å². The molecule has 0 aliphatic heterocycles. The lowest BCUT2D eigenvalue weighted by Gasteiger charge is -2.28. The second-order valence-corrected chi connectivity index (χ2v) is 8.20. The Kier molecular flexibility index (Phi) is 7.08. The van der Waals surface area contributed by atoms with Crippen LogP contribution < -0.4 is 10.5 Å². The van der Waals surface area contributed by atoms with Crippen molar-refractivity contribution in [3.05, 3.63) is 41.2 Å². The molecule has 0 spiro atoms. The first-order valence-corrected chi connectivity index (χ1v) is 10.4. The van der Waals surface area contributed by atoms with Crippen molar-refractivity contribution in [3.63, 3.8) is 0 Å². The highest BCUT2D eigenvalue weighted by Gasteiger charge is 2.45. The number of halogens is 7. The molecule has 3 rings (SSSR count). The average Bonchev–Trinajstić information content (AvgIpc) is 3.10. The molecular weight excluding hydrogens is 465 g/mol. The number of alkyl halides is 7. The van der Waals surface area contributed by atoms with E-state index in [4.69, 9.17) is 5.14 Å². The maximum absolute atomic E-state index is 13.7. The molecule has 0 bridgehead atoms. The SMILES string of the molecule is NSc1cccc(NC(=O)c2c(C(F)(F)F)c(C(F)F)nn2CC2CCC(F)(F)CC2)c1. The van der Waals surface area contributed by atoms with Crippen LogP contribution in [0.2, 0.25) is 0 Å². The highest BCUT2D eigenvalue weighted by molar-refractivity contribution is 7.97. The van der Waals surface area contributed by atoms with Crippen molar-refractivity contribution in [2.24, 2.45) is 11.1 Å². The molecule has 1 heterocycles. The molecule has 1 aromatic carbocycles. The molecule has 1 amide bonds.